The van der Waals surface area contributed by atoms with Crippen molar-refractivity contribution in [1.82, 2.24) is 10.2 Å². The van der Waals surface area contributed by atoms with Gasteiger partial charge >= 0.3 is 11.9 Å². The Morgan fingerprint density at radius 3 is 2.14 bits per heavy atom. The number of methoxy groups -OCH3 is 1. The topological polar surface area (TPSA) is 120 Å². The molecule has 42 heavy (non-hydrogen) atoms. The Morgan fingerprint density at radius 1 is 0.905 bits per heavy atom. The lowest BCUT2D eigenvalue weighted by atomic mass is 9.80. The fourth-order valence-corrected chi connectivity index (χ4v) is 5.09. The van der Waals surface area contributed by atoms with Gasteiger partial charge in [-0.2, -0.15) is 0 Å². The number of benzene rings is 2. The van der Waals surface area contributed by atoms with Crippen LogP contribution < -0.4 is 5.32 Å². The van der Waals surface area contributed by atoms with E-state index in [1.54, 1.807) is 55.5 Å². The van der Waals surface area contributed by atoms with E-state index in [0.29, 0.717) is 16.7 Å². The van der Waals surface area contributed by atoms with Crippen LogP contribution in [0.2, 0.25) is 5.02 Å². The summed E-state index contributed by atoms with van der Waals surface area (Å²) < 4.78 is 35.8. The first-order chi connectivity index (χ1) is 20.3. The second kappa shape index (κ2) is 14.2. The van der Waals surface area contributed by atoms with Crippen LogP contribution >= 0.6 is 11.6 Å². The van der Waals surface area contributed by atoms with Crippen LogP contribution in [-0.4, -0.2) is 82.0 Å². The summed E-state index contributed by atoms with van der Waals surface area (Å²) in [6, 6.07) is 13.2. The van der Waals surface area contributed by atoms with Crippen molar-refractivity contribution < 1.29 is 42.5 Å². The molecular formula is C30H30ClFN2O8. The molecule has 222 valence electrons. The molecule has 1 unspecified atom stereocenters. The van der Waals surface area contributed by atoms with Gasteiger partial charge in [-0.15, -0.1) is 0 Å². The van der Waals surface area contributed by atoms with Gasteiger partial charge in [0.2, 0.25) is 0 Å². The number of imide groups is 1. The first-order valence-electron chi connectivity index (χ1n) is 13.2. The maximum Gasteiger partial charge on any atom is 0.336 e. The van der Waals surface area contributed by atoms with Gasteiger partial charge in [-0.1, -0.05) is 41.9 Å². The average Bonchev–Trinajstić information content (AvgIpc) is 3.24. The van der Waals surface area contributed by atoms with Gasteiger partial charge in [0, 0.05) is 5.02 Å². The van der Waals surface area contributed by atoms with E-state index in [9.17, 15) is 23.6 Å². The summed E-state index contributed by atoms with van der Waals surface area (Å²) in [5.41, 5.74) is 1.17. The number of ether oxygens (including phenoxy) is 4. The highest BCUT2D eigenvalue weighted by molar-refractivity contribution is 6.31. The molecule has 4 rings (SSSR count). The molecule has 10 nitrogen and oxygen atoms in total. The van der Waals surface area contributed by atoms with Gasteiger partial charge in [0.15, 0.2) is 0 Å². The molecule has 2 aromatic rings. The lowest BCUT2D eigenvalue weighted by Gasteiger charge is -2.32. The number of carbonyl (C=O) groups excluding carboxylic acids is 4. The molecule has 0 radical (unpaired) electrons. The molecule has 1 N–H and O–H groups in total. The van der Waals surface area contributed by atoms with Gasteiger partial charge in [-0.25, -0.2) is 14.0 Å². The highest BCUT2D eigenvalue weighted by atomic mass is 35.5. The highest BCUT2D eigenvalue weighted by Crippen LogP contribution is 2.42. The van der Waals surface area contributed by atoms with E-state index in [2.05, 4.69) is 5.32 Å². The minimum atomic E-state index is -1.08. The highest BCUT2D eigenvalue weighted by Gasteiger charge is 2.40. The summed E-state index contributed by atoms with van der Waals surface area (Å²) in [7, 11) is 1.16. The lowest BCUT2D eigenvalue weighted by Crippen LogP contribution is -2.36. The third-order valence-electron chi connectivity index (χ3n) is 6.74. The van der Waals surface area contributed by atoms with Crippen molar-refractivity contribution in [3.05, 3.63) is 92.8 Å². The number of hydrogen-bond acceptors (Lipinski definition) is 9. The molecule has 12 heteroatoms. The third kappa shape index (κ3) is 6.38. The Labute approximate surface area is 247 Å². The Bertz CT molecular complexity index is 1400. The number of halogens is 2. The Kier molecular flexibility index (Phi) is 10.5. The summed E-state index contributed by atoms with van der Waals surface area (Å²) in [4.78, 5) is 52.1. The summed E-state index contributed by atoms with van der Waals surface area (Å²) >= 11 is 6.47. The molecule has 2 aromatic carbocycles. The van der Waals surface area contributed by atoms with Crippen molar-refractivity contribution in [2.45, 2.75) is 12.8 Å². The first kappa shape index (κ1) is 30.9. The minimum Gasteiger partial charge on any atom is -0.466 e. The van der Waals surface area contributed by atoms with Crippen molar-refractivity contribution in [2.24, 2.45) is 0 Å². The molecule has 0 aromatic heterocycles. The SMILES string of the molecule is CCOC(=O)C1=C(COCCOCCN2C(=O)c3ccccc3C2=O)NC(CF)=C(C(=O)OC)C1c1ccccc1Cl. The van der Waals surface area contributed by atoms with E-state index < -0.39 is 24.5 Å². The standard InChI is InChI=1S/C30H30ClFN2O8/c1-3-42-30(38)26-23(33-22(16-32)25(29(37)39-2)24(26)20-10-6-7-11-21(20)31)17-41-15-14-40-13-12-34-27(35)18-8-4-5-9-19(18)28(34)36/h4-11,24,33H,3,12-17H2,1-2H3. The lowest BCUT2D eigenvalue weighted by molar-refractivity contribution is -0.139. The van der Waals surface area contributed by atoms with E-state index >= 15 is 0 Å². The molecular weight excluding hydrogens is 571 g/mol. The molecule has 0 saturated heterocycles. The van der Waals surface area contributed by atoms with Crippen LogP contribution in [0.1, 0.15) is 39.1 Å². The molecule has 0 saturated carbocycles. The van der Waals surface area contributed by atoms with Crippen LogP contribution in [0, 0.1) is 0 Å². The van der Waals surface area contributed by atoms with Gasteiger partial charge in [0.25, 0.3) is 11.8 Å². The van der Waals surface area contributed by atoms with E-state index in [-0.39, 0.29) is 79.0 Å². The van der Waals surface area contributed by atoms with Crippen LogP contribution in [0.4, 0.5) is 4.39 Å². The molecule has 2 aliphatic heterocycles. The molecule has 0 bridgehead atoms. The number of nitrogens with zero attached hydrogens (tertiary/aromatic N) is 1. The van der Waals surface area contributed by atoms with Gasteiger partial charge in [-0.3, -0.25) is 14.5 Å². The van der Waals surface area contributed by atoms with Crippen LogP contribution in [0.15, 0.2) is 71.1 Å². The van der Waals surface area contributed by atoms with E-state index in [1.807, 2.05) is 0 Å². The number of hydrogen-bond donors (Lipinski definition) is 1. The van der Waals surface area contributed by atoms with Crippen LogP contribution in [0.5, 0.6) is 0 Å². The van der Waals surface area contributed by atoms with E-state index in [1.165, 1.54) is 0 Å². The van der Waals surface area contributed by atoms with Gasteiger partial charge in [0.1, 0.15) is 6.67 Å². The number of allylic oxidation sites excluding steroid dienone is 1. The first-order valence-corrected chi connectivity index (χ1v) is 13.6. The van der Waals surface area contributed by atoms with E-state index in [4.69, 9.17) is 30.5 Å². The van der Waals surface area contributed by atoms with Crippen LogP contribution in [-0.2, 0) is 28.5 Å². The summed E-state index contributed by atoms with van der Waals surface area (Å²) in [6.07, 6.45) is 0. The Balaban J connectivity index is 1.44. The molecule has 2 heterocycles. The monoisotopic (exact) mass is 600 g/mol. The minimum absolute atomic E-state index is 0.0362. The van der Waals surface area contributed by atoms with Crippen molar-refractivity contribution in [2.75, 3.05) is 53.4 Å². The summed E-state index contributed by atoms with van der Waals surface area (Å²) in [6.45, 7) is 0.818. The summed E-state index contributed by atoms with van der Waals surface area (Å²) in [5.74, 6) is -3.37. The smallest absolute Gasteiger partial charge is 0.336 e. The molecule has 0 aliphatic carbocycles. The maximum atomic E-state index is 14.2. The van der Waals surface area contributed by atoms with E-state index in [0.717, 1.165) is 12.0 Å². The fourth-order valence-electron chi connectivity index (χ4n) is 4.84. The molecule has 2 aliphatic rings. The van der Waals surface area contributed by atoms with Gasteiger partial charge in [0.05, 0.1) is 86.3 Å². The maximum absolute atomic E-state index is 14.2. The zero-order chi connectivity index (χ0) is 30.2. The number of fused-ring (bicyclic) bond motifs is 1. The average molecular weight is 601 g/mol. The molecule has 2 amide bonds. The normalized spacial score (nSPS) is 16.5. The number of esters is 2. The Morgan fingerprint density at radius 2 is 1.52 bits per heavy atom. The zero-order valence-electron chi connectivity index (χ0n) is 23.1. The van der Waals surface area contributed by atoms with Crippen molar-refractivity contribution in [3.63, 3.8) is 0 Å². The van der Waals surface area contributed by atoms with Crippen molar-refractivity contribution in [3.8, 4) is 0 Å². The summed E-state index contributed by atoms with van der Waals surface area (Å²) in [5, 5.41) is 3.09. The van der Waals surface area contributed by atoms with Crippen LogP contribution in [0.25, 0.3) is 0 Å². The third-order valence-corrected chi connectivity index (χ3v) is 7.08. The predicted molar refractivity (Wildman–Crippen MR) is 149 cm³/mol. The predicted octanol–water partition coefficient (Wildman–Crippen LogP) is 3.57. The zero-order valence-corrected chi connectivity index (χ0v) is 23.9. The number of amides is 2. The number of nitrogens with one attached hydrogen (secondary N) is 1. The van der Waals surface area contributed by atoms with Crippen LogP contribution in [0.3, 0.4) is 0 Å². The number of alkyl halides is 1. The number of rotatable bonds is 13. The Hall–Kier alpha value is -4.06. The molecule has 1 atom stereocenters. The van der Waals surface area contributed by atoms with Gasteiger partial charge < -0.3 is 24.3 Å². The molecule has 0 fully saturated rings. The second-order valence-electron chi connectivity index (χ2n) is 9.18. The van der Waals surface area contributed by atoms with Crippen molar-refractivity contribution >= 4 is 35.4 Å². The quantitative estimate of drug-likeness (QED) is 0.209. The second-order valence-corrected chi connectivity index (χ2v) is 9.59. The molecule has 0 spiro atoms. The largest absolute Gasteiger partial charge is 0.466 e. The number of carbonyl (C=O) groups is 4. The number of dihydropyridines is 1. The van der Waals surface area contributed by atoms with Gasteiger partial charge in [-0.05, 0) is 30.7 Å². The van der Waals surface area contributed by atoms with Crippen molar-refractivity contribution in [1.29, 1.82) is 0 Å². The fraction of sp³-hybridized carbons (Fsp3) is 0.333.